The molecule has 26 heavy (non-hydrogen) atoms. The van der Waals surface area contributed by atoms with Gasteiger partial charge in [-0.15, -0.1) is 0 Å². The molecule has 0 saturated heterocycles. The maximum atomic E-state index is 12.9. The van der Waals surface area contributed by atoms with Crippen molar-refractivity contribution in [1.82, 2.24) is 9.38 Å². The third kappa shape index (κ3) is 2.78. The van der Waals surface area contributed by atoms with Crippen LogP contribution in [0, 0.1) is 13.8 Å². The van der Waals surface area contributed by atoms with Gasteiger partial charge in [-0.05, 0) is 60.9 Å². The van der Waals surface area contributed by atoms with Gasteiger partial charge in [-0.2, -0.15) is 0 Å². The normalized spacial score (nSPS) is 12.2. The Bertz CT molecular complexity index is 1270. The van der Waals surface area contributed by atoms with Gasteiger partial charge in [0.25, 0.3) is 5.56 Å². The van der Waals surface area contributed by atoms with Crippen LogP contribution in [-0.2, 0) is 4.79 Å². The molecule has 0 aliphatic rings. The lowest BCUT2D eigenvalue weighted by molar-refractivity contribution is -0.114. The number of amides is 1. The number of nitrogens with zero attached hydrogens (tertiary/aromatic N) is 2. The van der Waals surface area contributed by atoms with Gasteiger partial charge in [0.05, 0.1) is 15.6 Å². The molecule has 4 aromatic rings. The van der Waals surface area contributed by atoms with Gasteiger partial charge in [-0.3, -0.25) is 9.59 Å². The van der Waals surface area contributed by atoms with Crippen LogP contribution < -0.4 is 15.4 Å². The number of nitrogens with one attached hydrogen (secondary N) is 1. The zero-order chi connectivity index (χ0) is 18.4. The molecule has 130 valence electrons. The monoisotopic (exact) mass is 363 g/mol. The molecule has 0 radical (unpaired) electrons. The maximum Gasteiger partial charge on any atom is 0.274 e. The number of anilines is 1. The maximum absolute atomic E-state index is 12.9. The Kier molecular flexibility index (Phi) is 3.85. The van der Waals surface area contributed by atoms with Gasteiger partial charge in [0, 0.05) is 12.6 Å². The molecule has 2 aromatic carbocycles. The molecule has 1 amide bonds. The summed E-state index contributed by atoms with van der Waals surface area (Å²) in [4.78, 5) is 29.3. The first kappa shape index (κ1) is 16.5. The van der Waals surface area contributed by atoms with Crippen molar-refractivity contribution in [3.63, 3.8) is 0 Å². The highest BCUT2D eigenvalue weighted by Gasteiger charge is 2.12. The van der Waals surface area contributed by atoms with Crippen LogP contribution in [0.15, 0.2) is 41.2 Å². The summed E-state index contributed by atoms with van der Waals surface area (Å²) in [6.45, 7) is 5.55. The molecule has 2 aromatic heterocycles. The Morgan fingerprint density at radius 1 is 1.15 bits per heavy atom. The number of carbonyl (C=O) groups is 1. The van der Waals surface area contributed by atoms with Crippen molar-refractivity contribution < 1.29 is 4.79 Å². The topological polar surface area (TPSA) is 63.5 Å². The van der Waals surface area contributed by atoms with Crippen LogP contribution in [0.5, 0.6) is 0 Å². The predicted molar refractivity (Wildman–Crippen MR) is 106 cm³/mol. The molecule has 0 unspecified atom stereocenters. The predicted octanol–water partition coefficient (Wildman–Crippen LogP) is 3.03. The van der Waals surface area contributed by atoms with E-state index < -0.39 is 0 Å². The molecular weight excluding hydrogens is 346 g/mol. The first-order chi connectivity index (χ1) is 12.4. The minimum Gasteiger partial charge on any atom is -0.326 e. The average Bonchev–Trinajstić information content (AvgIpc) is 3.06. The van der Waals surface area contributed by atoms with E-state index in [4.69, 9.17) is 0 Å². The van der Waals surface area contributed by atoms with Crippen LogP contribution in [0.4, 0.5) is 5.69 Å². The summed E-state index contributed by atoms with van der Waals surface area (Å²) >= 11 is 1.39. The van der Waals surface area contributed by atoms with Gasteiger partial charge in [0.1, 0.15) is 0 Å². The Hall–Kier alpha value is -2.99. The molecule has 6 heteroatoms. The van der Waals surface area contributed by atoms with Crippen LogP contribution in [0.1, 0.15) is 23.6 Å². The van der Waals surface area contributed by atoms with Crippen molar-refractivity contribution in [3.05, 3.63) is 68.0 Å². The fourth-order valence-corrected chi connectivity index (χ4v) is 3.92. The van der Waals surface area contributed by atoms with E-state index in [0.717, 1.165) is 27.8 Å². The number of aryl methyl sites for hydroxylation is 2. The second kappa shape index (κ2) is 6.07. The van der Waals surface area contributed by atoms with Crippen LogP contribution in [0.3, 0.4) is 0 Å². The summed E-state index contributed by atoms with van der Waals surface area (Å²) in [5.41, 5.74) is 5.59. The van der Waals surface area contributed by atoms with E-state index in [1.165, 1.54) is 23.8 Å². The molecule has 0 aliphatic carbocycles. The summed E-state index contributed by atoms with van der Waals surface area (Å²) < 4.78 is 2.32. The van der Waals surface area contributed by atoms with Gasteiger partial charge < -0.3 is 5.32 Å². The second-order valence-electron chi connectivity index (χ2n) is 6.37. The number of imidazole rings is 1. The Morgan fingerprint density at radius 3 is 2.54 bits per heavy atom. The van der Waals surface area contributed by atoms with Crippen LogP contribution in [0.25, 0.3) is 22.1 Å². The van der Waals surface area contributed by atoms with Gasteiger partial charge in [0.2, 0.25) is 5.91 Å². The van der Waals surface area contributed by atoms with E-state index in [1.54, 1.807) is 4.40 Å². The van der Waals surface area contributed by atoms with Crippen LogP contribution in [-0.4, -0.2) is 15.3 Å². The molecule has 0 fully saturated rings. The molecule has 0 atom stereocenters. The van der Waals surface area contributed by atoms with Crippen molar-refractivity contribution in [2.24, 2.45) is 0 Å². The van der Waals surface area contributed by atoms with Crippen molar-refractivity contribution in [2.45, 2.75) is 20.8 Å². The molecule has 0 aliphatic heterocycles. The summed E-state index contributed by atoms with van der Waals surface area (Å²) in [5.74, 6) is -0.111. The van der Waals surface area contributed by atoms with E-state index in [1.807, 2.05) is 56.3 Å². The highest BCUT2D eigenvalue weighted by Crippen LogP contribution is 2.20. The van der Waals surface area contributed by atoms with Crippen molar-refractivity contribution in [2.75, 3.05) is 5.32 Å². The zero-order valence-corrected chi connectivity index (χ0v) is 15.5. The van der Waals surface area contributed by atoms with E-state index in [-0.39, 0.29) is 11.5 Å². The fraction of sp³-hybridized carbons (Fsp3) is 0.150. The number of hydrogen-bond donors (Lipinski definition) is 1. The number of carbonyl (C=O) groups excluding carboxylic acids is 1. The van der Waals surface area contributed by atoms with Crippen molar-refractivity contribution in [3.8, 4) is 0 Å². The van der Waals surface area contributed by atoms with Crippen LogP contribution >= 0.6 is 11.3 Å². The molecule has 5 nitrogen and oxygen atoms in total. The number of fused-ring (bicyclic) bond motifs is 3. The molecule has 0 saturated carbocycles. The lowest BCUT2D eigenvalue weighted by Crippen LogP contribution is -2.22. The molecule has 4 rings (SSSR count). The fourth-order valence-electron chi connectivity index (χ4n) is 2.94. The van der Waals surface area contributed by atoms with Crippen molar-refractivity contribution >= 4 is 45.0 Å². The van der Waals surface area contributed by atoms with E-state index in [9.17, 15) is 9.59 Å². The van der Waals surface area contributed by atoms with E-state index in [0.29, 0.717) is 9.49 Å². The second-order valence-corrected chi connectivity index (χ2v) is 7.38. The molecule has 2 heterocycles. The highest BCUT2D eigenvalue weighted by atomic mass is 32.1. The number of rotatable bonds is 2. The number of aromatic nitrogens is 2. The van der Waals surface area contributed by atoms with E-state index >= 15 is 0 Å². The Morgan fingerprint density at radius 2 is 1.85 bits per heavy atom. The minimum atomic E-state index is -0.111. The molecule has 0 bridgehead atoms. The van der Waals surface area contributed by atoms with Gasteiger partial charge in [0.15, 0.2) is 4.96 Å². The van der Waals surface area contributed by atoms with Gasteiger partial charge >= 0.3 is 0 Å². The summed E-state index contributed by atoms with van der Waals surface area (Å²) in [7, 11) is 0. The molecular formula is C20H17N3O2S. The summed E-state index contributed by atoms with van der Waals surface area (Å²) in [6, 6.07) is 11.4. The third-order valence-corrected chi connectivity index (χ3v) is 5.35. The van der Waals surface area contributed by atoms with Crippen molar-refractivity contribution in [1.29, 1.82) is 0 Å². The van der Waals surface area contributed by atoms with E-state index in [2.05, 4.69) is 10.3 Å². The number of thiazole rings is 1. The number of benzene rings is 2. The van der Waals surface area contributed by atoms with Gasteiger partial charge in [-0.25, -0.2) is 9.38 Å². The zero-order valence-electron chi connectivity index (χ0n) is 14.7. The minimum absolute atomic E-state index is 0.0540. The van der Waals surface area contributed by atoms with Gasteiger partial charge in [-0.1, -0.05) is 23.5 Å². The average molecular weight is 363 g/mol. The third-order valence-electron chi connectivity index (χ3n) is 4.38. The quantitative estimate of drug-likeness (QED) is 0.595. The Balaban J connectivity index is 1.83. The summed E-state index contributed by atoms with van der Waals surface area (Å²) in [6.07, 6.45) is 1.85. The smallest absolute Gasteiger partial charge is 0.274 e. The first-order valence-electron chi connectivity index (χ1n) is 8.24. The largest absolute Gasteiger partial charge is 0.326 e. The molecule has 1 N–H and O–H groups in total. The van der Waals surface area contributed by atoms with Crippen LogP contribution in [0.2, 0.25) is 0 Å². The SMILES string of the molecule is CC(=O)Nc1ccc(/C=c2\sc3nc4cc(C)c(C)cc4n3c2=O)cc1. The number of hydrogen-bond acceptors (Lipinski definition) is 4. The summed E-state index contributed by atoms with van der Waals surface area (Å²) in [5, 5.41) is 2.73. The molecule has 0 spiro atoms. The lowest BCUT2D eigenvalue weighted by atomic mass is 10.1. The standard InChI is InChI=1S/C20H17N3O2S/c1-11-8-16-17(9-12(11)2)23-19(25)18(26-20(23)22-16)10-14-4-6-15(7-5-14)21-13(3)24/h4-10H,1-3H3,(H,21,24)/b18-10-. The highest BCUT2D eigenvalue weighted by molar-refractivity contribution is 7.15. The first-order valence-corrected chi connectivity index (χ1v) is 9.05. The Labute approximate surface area is 153 Å². The lowest BCUT2D eigenvalue weighted by Gasteiger charge is -2.01.